The van der Waals surface area contributed by atoms with Crippen LogP contribution in [0, 0.1) is 11.3 Å². The first-order valence-electron chi connectivity index (χ1n) is 6.09. The molecule has 1 spiro atoms. The highest BCUT2D eigenvalue weighted by atomic mass is 16.6. The molecule has 1 saturated heterocycles. The lowest BCUT2D eigenvalue weighted by atomic mass is 9.93. The van der Waals surface area contributed by atoms with Crippen LogP contribution in [-0.2, 0) is 4.74 Å². The van der Waals surface area contributed by atoms with Crippen molar-refractivity contribution in [2.45, 2.75) is 39.2 Å². The lowest BCUT2D eigenvalue weighted by molar-refractivity contribution is 0.0516. The second kappa shape index (κ2) is 3.91. The van der Waals surface area contributed by atoms with E-state index >= 15 is 0 Å². The summed E-state index contributed by atoms with van der Waals surface area (Å²) in [6.07, 6.45) is 2.32. The zero-order valence-electron chi connectivity index (χ0n) is 10.4. The van der Waals surface area contributed by atoms with Crippen LogP contribution >= 0.6 is 0 Å². The lowest BCUT2D eigenvalue weighted by Crippen LogP contribution is -2.37. The molecule has 0 aromatic rings. The molecule has 92 valence electrons. The van der Waals surface area contributed by atoms with Crippen LogP contribution < -0.4 is 10.6 Å². The van der Waals surface area contributed by atoms with Crippen molar-refractivity contribution in [2.75, 3.05) is 19.6 Å². The molecule has 1 aliphatic heterocycles. The normalized spacial score (nSPS) is 26.8. The van der Waals surface area contributed by atoms with Gasteiger partial charge in [-0.05, 0) is 44.9 Å². The van der Waals surface area contributed by atoms with Crippen LogP contribution in [0.1, 0.15) is 33.6 Å². The summed E-state index contributed by atoms with van der Waals surface area (Å²) in [5.74, 6) is 0.583. The van der Waals surface area contributed by atoms with E-state index in [0.717, 1.165) is 19.6 Å². The average molecular weight is 226 g/mol. The van der Waals surface area contributed by atoms with Gasteiger partial charge in [0, 0.05) is 19.6 Å². The molecule has 0 bridgehead atoms. The number of nitrogens with one attached hydrogen (secondary N) is 2. The molecule has 1 saturated carbocycles. The van der Waals surface area contributed by atoms with E-state index in [4.69, 9.17) is 4.74 Å². The van der Waals surface area contributed by atoms with E-state index in [2.05, 4.69) is 10.6 Å². The van der Waals surface area contributed by atoms with Crippen LogP contribution in [0.4, 0.5) is 4.79 Å². The topological polar surface area (TPSA) is 50.4 Å². The third-order valence-electron chi connectivity index (χ3n) is 3.52. The molecule has 2 N–H and O–H groups in total. The third kappa shape index (κ3) is 2.67. The number of carbonyl (C=O) groups is 1. The fourth-order valence-corrected chi connectivity index (χ4v) is 2.41. The van der Waals surface area contributed by atoms with Gasteiger partial charge in [-0.1, -0.05) is 0 Å². The van der Waals surface area contributed by atoms with Crippen LogP contribution in [0.25, 0.3) is 0 Å². The minimum atomic E-state index is -0.407. The Balaban J connectivity index is 1.73. The zero-order valence-corrected chi connectivity index (χ0v) is 10.4. The quantitative estimate of drug-likeness (QED) is 0.750. The lowest BCUT2D eigenvalue weighted by Gasteiger charge is -2.22. The average Bonchev–Trinajstić information content (AvgIpc) is 2.75. The van der Waals surface area contributed by atoms with Gasteiger partial charge in [-0.15, -0.1) is 0 Å². The Hall–Kier alpha value is -0.770. The predicted molar refractivity (Wildman–Crippen MR) is 62.3 cm³/mol. The number of alkyl carbamates (subject to hydrolysis) is 1. The summed E-state index contributed by atoms with van der Waals surface area (Å²) in [6.45, 7) is 8.52. The van der Waals surface area contributed by atoms with Gasteiger partial charge < -0.3 is 15.4 Å². The summed E-state index contributed by atoms with van der Waals surface area (Å²) in [5.41, 5.74) is 0.0876. The van der Waals surface area contributed by atoms with Crippen molar-refractivity contribution in [3.8, 4) is 0 Å². The summed E-state index contributed by atoms with van der Waals surface area (Å²) >= 11 is 0. The third-order valence-corrected chi connectivity index (χ3v) is 3.52. The van der Waals surface area contributed by atoms with E-state index < -0.39 is 5.60 Å². The van der Waals surface area contributed by atoms with E-state index in [-0.39, 0.29) is 6.09 Å². The second-order valence-corrected chi connectivity index (χ2v) is 6.07. The maximum absolute atomic E-state index is 11.5. The molecule has 1 atom stereocenters. The number of rotatable bonds is 2. The smallest absolute Gasteiger partial charge is 0.407 e. The first-order chi connectivity index (χ1) is 7.41. The van der Waals surface area contributed by atoms with Crippen molar-refractivity contribution < 1.29 is 9.53 Å². The van der Waals surface area contributed by atoms with Crippen molar-refractivity contribution in [2.24, 2.45) is 11.3 Å². The zero-order chi connectivity index (χ0) is 11.8. The minimum absolute atomic E-state index is 0.296. The predicted octanol–water partition coefficient (Wildman–Crippen LogP) is 1.51. The van der Waals surface area contributed by atoms with E-state index in [1.807, 2.05) is 20.8 Å². The Kier molecular flexibility index (Phi) is 2.86. The molecule has 0 aromatic heterocycles. The molecule has 1 amide bonds. The SMILES string of the molecule is CC(C)(C)OC(=O)NCC1CNCC12CC2. The monoisotopic (exact) mass is 226 g/mol. The minimum Gasteiger partial charge on any atom is -0.444 e. The van der Waals surface area contributed by atoms with Gasteiger partial charge in [0.15, 0.2) is 0 Å². The highest BCUT2D eigenvalue weighted by Gasteiger charge is 2.51. The van der Waals surface area contributed by atoms with E-state index in [9.17, 15) is 4.79 Å². The number of carbonyl (C=O) groups excluding carboxylic acids is 1. The van der Waals surface area contributed by atoms with Gasteiger partial charge in [-0.3, -0.25) is 0 Å². The summed E-state index contributed by atoms with van der Waals surface area (Å²) in [6, 6.07) is 0. The van der Waals surface area contributed by atoms with Gasteiger partial charge in [0.05, 0.1) is 0 Å². The van der Waals surface area contributed by atoms with Gasteiger partial charge in [0.2, 0.25) is 0 Å². The maximum Gasteiger partial charge on any atom is 0.407 e. The molecule has 1 unspecified atom stereocenters. The van der Waals surface area contributed by atoms with Crippen LogP contribution in [-0.4, -0.2) is 31.3 Å². The molecule has 0 aromatic carbocycles. The van der Waals surface area contributed by atoms with Crippen molar-refractivity contribution in [1.29, 1.82) is 0 Å². The second-order valence-electron chi connectivity index (χ2n) is 6.07. The summed E-state index contributed by atoms with van der Waals surface area (Å²) in [4.78, 5) is 11.5. The van der Waals surface area contributed by atoms with Crippen LogP contribution in [0.2, 0.25) is 0 Å². The van der Waals surface area contributed by atoms with Crippen molar-refractivity contribution in [3.05, 3.63) is 0 Å². The van der Waals surface area contributed by atoms with Gasteiger partial charge >= 0.3 is 6.09 Å². The number of hydrogen-bond donors (Lipinski definition) is 2. The highest BCUT2D eigenvalue weighted by Crippen LogP contribution is 2.53. The van der Waals surface area contributed by atoms with Crippen LogP contribution in [0.3, 0.4) is 0 Å². The van der Waals surface area contributed by atoms with Gasteiger partial charge in [-0.2, -0.15) is 0 Å². The van der Waals surface area contributed by atoms with Crippen LogP contribution in [0.15, 0.2) is 0 Å². The number of ether oxygens (including phenoxy) is 1. The standard InChI is InChI=1S/C12H22N2O2/c1-11(2,3)16-10(15)14-7-9-6-13-8-12(9)4-5-12/h9,13H,4-8H2,1-3H3,(H,14,15). The van der Waals surface area contributed by atoms with Crippen molar-refractivity contribution in [3.63, 3.8) is 0 Å². The molecular formula is C12H22N2O2. The summed E-state index contributed by atoms with van der Waals surface area (Å²) in [5, 5.41) is 6.28. The maximum atomic E-state index is 11.5. The first-order valence-corrected chi connectivity index (χ1v) is 6.09. The van der Waals surface area contributed by atoms with Crippen LogP contribution in [0.5, 0.6) is 0 Å². The first kappa shape index (κ1) is 11.7. The Labute approximate surface area is 97.1 Å². The van der Waals surface area contributed by atoms with Crippen molar-refractivity contribution in [1.82, 2.24) is 10.6 Å². The molecule has 2 aliphatic rings. The van der Waals surface area contributed by atoms with Gasteiger partial charge in [0.1, 0.15) is 5.60 Å². The molecule has 0 radical (unpaired) electrons. The van der Waals surface area contributed by atoms with Gasteiger partial charge in [0.25, 0.3) is 0 Å². The number of hydrogen-bond acceptors (Lipinski definition) is 3. The Bertz CT molecular complexity index is 279. The molecule has 2 rings (SSSR count). The summed E-state index contributed by atoms with van der Waals surface area (Å²) in [7, 11) is 0. The molecule has 4 nitrogen and oxygen atoms in total. The van der Waals surface area contributed by atoms with E-state index in [1.54, 1.807) is 0 Å². The Morgan fingerprint density at radius 1 is 1.50 bits per heavy atom. The van der Waals surface area contributed by atoms with E-state index in [0.29, 0.717) is 11.3 Å². The largest absolute Gasteiger partial charge is 0.444 e. The molecule has 2 fully saturated rings. The molecule has 16 heavy (non-hydrogen) atoms. The highest BCUT2D eigenvalue weighted by molar-refractivity contribution is 5.67. The molecule has 1 heterocycles. The van der Waals surface area contributed by atoms with Gasteiger partial charge in [-0.25, -0.2) is 4.79 Å². The summed E-state index contributed by atoms with van der Waals surface area (Å²) < 4.78 is 5.22. The Morgan fingerprint density at radius 2 is 2.19 bits per heavy atom. The van der Waals surface area contributed by atoms with Crippen molar-refractivity contribution >= 4 is 6.09 Å². The molecular weight excluding hydrogens is 204 g/mol. The molecule has 4 heteroatoms. The molecule has 1 aliphatic carbocycles. The fraction of sp³-hybridized carbons (Fsp3) is 0.917. The van der Waals surface area contributed by atoms with E-state index in [1.165, 1.54) is 12.8 Å². The Morgan fingerprint density at radius 3 is 2.75 bits per heavy atom. The fourth-order valence-electron chi connectivity index (χ4n) is 2.41. The number of amides is 1.